The number of carboxylic acid groups (broad SMARTS) is 1. The van der Waals surface area contributed by atoms with Gasteiger partial charge in [0, 0.05) is 32.6 Å². The Kier molecular flexibility index (Phi) is 5.33. The molecule has 7 heteroatoms. The predicted octanol–water partition coefficient (Wildman–Crippen LogP) is 0.737. The largest absolute Gasteiger partial charge is 0.481 e. The van der Waals surface area contributed by atoms with Gasteiger partial charge in [0.25, 0.3) is 0 Å². The molecule has 2 heterocycles. The van der Waals surface area contributed by atoms with E-state index in [1.165, 1.54) is 0 Å². The van der Waals surface area contributed by atoms with E-state index in [-0.39, 0.29) is 37.1 Å². The van der Waals surface area contributed by atoms with Crippen LogP contribution in [0.3, 0.4) is 0 Å². The lowest BCUT2D eigenvalue weighted by molar-refractivity contribution is -0.149. The molecule has 2 atom stereocenters. The minimum Gasteiger partial charge on any atom is -0.481 e. The Balaban J connectivity index is 1.57. The normalized spacial score (nSPS) is 23.8. The zero-order valence-corrected chi connectivity index (χ0v) is 14.0. The first-order valence-electron chi connectivity index (χ1n) is 8.47. The molecule has 3 rings (SSSR count). The number of hydrogen-bond acceptors (Lipinski definition) is 4. The molecule has 0 unspecified atom stereocenters. The number of nitrogens with zero attached hydrogens (tertiary/aromatic N) is 2. The molecule has 0 spiro atoms. The van der Waals surface area contributed by atoms with Gasteiger partial charge in [-0.05, 0) is 5.56 Å². The van der Waals surface area contributed by atoms with Crippen molar-refractivity contribution in [2.75, 3.05) is 26.2 Å². The standard InChI is InChI=1S/C18H22N2O5/c21-16-8-14(11-20(16)10-13-4-2-1-3-5-13)18(24)19-6-7-25-15(12-19)9-17(22)23/h1-5,14-15H,6-12H2,(H,22,23)/t14-,15+/m0/s1. The summed E-state index contributed by atoms with van der Waals surface area (Å²) in [5.74, 6) is -1.40. The van der Waals surface area contributed by atoms with Crippen molar-refractivity contribution in [3.8, 4) is 0 Å². The second kappa shape index (κ2) is 7.65. The Morgan fingerprint density at radius 3 is 2.68 bits per heavy atom. The molecule has 0 aliphatic carbocycles. The monoisotopic (exact) mass is 346 g/mol. The summed E-state index contributed by atoms with van der Waals surface area (Å²) >= 11 is 0. The van der Waals surface area contributed by atoms with Crippen LogP contribution in [0.25, 0.3) is 0 Å². The number of ether oxygens (including phenoxy) is 1. The summed E-state index contributed by atoms with van der Waals surface area (Å²) in [5.41, 5.74) is 1.04. The van der Waals surface area contributed by atoms with Crippen LogP contribution in [0.4, 0.5) is 0 Å². The van der Waals surface area contributed by atoms with Crippen LogP contribution in [0.1, 0.15) is 18.4 Å². The SMILES string of the molecule is O=C(O)C[C@@H]1CN(C(=O)[C@H]2CC(=O)N(Cc3ccccc3)C2)CCO1. The van der Waals surface area contributed by atoms with Crippen LogP contribution in [0.5, 0.6) is 0 Å². The van der Waals surface area contributed by atoms with Crippen molar-refractivity contribution in [1.29, 1.82) is 0 Å². The van der Waals surface area contributed by atoms with E-state index in [1.54, 1.807) is 9.80 Å². The lowest BCUT2D eigenvalue weighted by Gasteiger charge is -2.33. The summed E-state index contributed by atoms with van der Waals surface area (Å²) in [6, 6.07) is 9.69. The topological polar surface area (TPSA) is 87.2 Å². The van der Waals surface area contributed by atoms with E-state index < -0.39 is 12.1 Å². The highest BCUT2D eigenvalue weighted by atomic mass is 16.5. The van der Waals surface area contributed by atoms with E-state index in [9.17, 15) is 14.4 Å². The molecule has 2 fully saturated rings. The lowest BCUT2D eigenvalue weighted by Crippen LogP contribution is -2.48. The minimum atomic E-state index is -0.940. The van der Waals surface area contributed by atoms with Crippen molar-refractivity contribution in [3.63, 3.8) is 0 Å². The smallest absolute Gasteiger partial charge is 0.306 e. The molecule has 25 heavy (non-hydrogen) atoms. The minimum absolute atomic E-state index is 0.0162. The molecule has 2 amide bonds. The number of amides is 2. The van der Waals surface area contributed by atoms with Crippen LogP contribution >= 0.6 is 0 Å². The Morgan fingerprint density at radius 2 is 1.96 bits per heavy atom. The van der Waals surface area contributed by atoms with E-state index in [4.69, 9.17) is 9.84 Å². The number of carbonyl (C=O) groups excluding carboxylic acids is 2. The zero-order valence-electron chi connectivity index (χ0n) is 14.0. The average Bonchev–Trinajstić information content (AvgIpc) is 2.95. The molecule has 0 aromatic heterocycles. The quantitative estimate of drug-likeness (QED) is 0.850. The highest BCUT2D eigenvalue weighted by Crippen LogP contribution is 2.23. The van der Waals surface area contributed by atoms with Gasteiger partial charge in [-0.3, -0.25) is 14.4 Å². The average molecular weight is 346 g/mol. The van der Waals surface area contributed by atoms with Gasteiger partial charge in [0.15, 0.2) is 0 Å². The van der Waals surface area contributed by atoms with Crippen LogP contribution in [0, 0.1) is 5.92 Å². The van der Waals surface area contributed by atoms with Crippen molar-refractivity contribution in [1.82, 2.24) is 9.80 Å². The number of likely N-dealkylation sites (tertiary alicyclic amines) is 1. The summed E-state index contributed by atoms with van der Waals surface area (Å²) < 4.78 is 5.40. The molecular formula is C18H22N2O5. The number of benzene rings is 1. The fraction of sp³-hybridized carbons (Fsp3) is 0.500. The van der Waals surface area contributed by atoms with E-state index in [0.29, 0.717) is 26.2 Å². The number of carbonyl (C=O) groups is 3. The number of carboxylic acids is 1. The zero-order chi connectivity index (χ0) is 17.8. The molecular weight excluding hydrogens is 324 g/mol. The molecule has 2 aliphatic rings. The first-order valence-corrected chi connectivity index (χ1v) is 8.47. The molecule has 2 saturated heterocycles. The van der Waals surface area contributed by atoms with Crippen molar-refractivity contribution >= 4 is 17.8 Å². The fourth-order valence-corrected chi connectivity index (χ4v) is 3.39. The second-order valence-electron chi connectivity index (χ2n) is 6.54. The third kappa shape index (κ3) is 4.36. The van der Waals surface area contributed by atoms with Crippen LogP contribution in [-0.2, 0) is 25.7 Å². The van der Waals surface area contributed by atoms with Gasteiger partial charge in [0.05, 0.1) is 25.0 Å². The molecule has 0 saturated carbocycles. The van der Waals surface area contributed by atoms with Gasteiger partial charge in [0.2, 0.25) is 11.8 Å². The van der Waals surface area contributed by atoms with E-state index in [1.807, 2.05) is 30.3 Å². The third-order valence-electron chi connectivity index (χ3n) is 4.63. The first-order chi connectivity index (χ1) is 12.0. The molecule has 1 N–H and O–H groups in total. The summed E-state index contributed by atoms with van der Waals surface area (Å²) in [6.45, 7) is 1.96. The maximum atomic E-state index is 12.7. The van der Waals surface area contributed by atoms with Gasteiger partial charge in [-0.1, -0.05) is 30.3 Å². The summed E-state index contributed by atoms with van der Waals surface area (Å²) in [7, 11) is 0. The molecule has 0 radical (unpaired) electrons. The summed E-state index contributed by atoms with van der Waals surface area (Å²) in [4.78, 5) is 39.1. The van der Waals surface area contributed by atoms with Gasteiger partial charge in [0.1, 0.15) is 0 Å². The van der Waals surface area contributed by atoms with Gasteiger partial charge >= 0.3 is 5.97 Å². The van der Waals surface area contributed by atoms with Crippen molar-refractivity contribution in [2.45, 2.75) is 25.5 Å². The summed E-state index contributed by atoms with van der Waals surface area (Å²) in [5, 5.41) is 8.88. The van der Waals surface area contributed by atoms with Gasteiger partial charge in [-0.2, -0.15) is 0 Å². The van der Waals surface area contributed by atoms with Gasteiger partial charge < -0.3 is 19.6 Å². The maximum absolute atomic E-state index is 12.7. The third-order valence-corrected chi connectivity index (χ3v) is 4.63. The van der Waals surface area contributed by atoms with Crippen LogP contribution in [0.2, 0.25) is 0 Å². The van der Waals surface area contributed by atoms with Crippen molar-refractivity contribution < 1.29 is 24.2 Å². The van der Waals surface area contributed by atoms with E-state index >= 15 is 0 Å². The van der Waals surface area contributed by atoms with E-state index in [0.717, 1.165) is 5.56 Å². The van der Waals surface area contributed by atoms with Crippen LogP contribution < -0.4 is 0 Å². The lowest BCUT2D eigenvalue weighted by atomic mass is 10.1. The Morgan fingerprint density at radius 1 is 1.20 bits per heavy atom. The number of hydrogen-bond donors (Lipinski definition) is 1. The van der Waals surface area contributed by atoms with Gasteiger partial charge in [-0.15, -0.1) is 0 Å². The summed E-state index contributed by atoms with van der Waals surface area (Å²) in [6.07, 6.45) is -0.382. The Hall–Kier alpha value is -2.41. The molecule has 134 valence electrons. The van der Waals surface area contributed by atoms with Crippen molar-refractivity contribution in [2.24, 2.45) is 5.92 Å². The number of rotatable bonds is 5. The van der Waals surface area contributed by atoms with Crippen LogP contribution in [0.15, 0.2) is 30.3 Å². The first kappa shape index (κ1) is 17.4. The fourth-order valence-electron chi connectivity index (χ4n) is 3.39. The molecule has 2 aliphatic heterocycles. The number of morpholine rings is 1. The van der Waals surface area contributed by atoms with Crippen LogP contribution in [-0.4, -0.2) is 65.0 Å². The number of aliphatic carboxylic acids is 1. The molecule has 1 aromatic rings. The Bertz CT molecular complexity index is 648. The van der Waals surface area contributed by atoms with E-state index in [2.05, 4.69) is 0 Å². The highest BCUT2D eigenvalue weighted by Gasteiger charge is 2.38. The predicted molar refractivity (Wildman–Crippen MR) is 88.5 cm³/mol. The molecule has 7 nitrogen and oxygen atoms in total. The Labute approximate surface area is 146 Å². The maximum Gasteiger partial charge on any atom is 0.306 e. The molecule has 1 aromatic carbocycles. The molecule has 0 bridgehead atoms. The second-order valence-corrected chi connectivity index (χ2v) is 6.54. The highest BCUT2D eigenvalue weighted by molar-refractivity contribution is 5.89. The van der Waals surface area contributed by atoms with Crippen molar-refractivity contribution in [3.05, 3.63) is 35.9 Å². The van der Waals surface area contributed by atoms with Gasteiger partial charge in [-0.25, -0.2) is 0 Å².